The molecule has 3 N–H and O–H groups in total. The molecule has 2 heterocycles. The van der Waals surface area contributed by atoms with Crippen LogP contribution in [0.5, 0.6) is 0 Å². The molecule has 13 heteroatoms. The van der Waals surface area contributed by atoms with Gasteiger partial charge in [0.05, 0.1) is 16.8 Å². The monoisotopic (exact) mass is 462 g/mol. The maximum absolute atomic E-state index is 13.4. The van der Waals surface area contributed by atoms with Crippen LogP contribution in [0.1, 0.15) is 11.1 Å². The lowest BCUT2D eigenvalue weighted by atomic mass is 10.0. The van der Waals surface area contributed by atoms with Crippen molar-refractivity contribution in [2.24, 2.45) is 0 Å². The minimum Gasteiger partial charge on any atom is -0.384 e. The number of hydrogen-bond acceptors (Lipinski definition) is 5. The van der Waals surface area contributed by atoms with E-state index in [1.807, 2.05) is 4.72 Å². The molecular weight excluding hydrogens is 450 g/mol. The van der Waals surface area contributed by atoms with Crippen molar-refractivity contribution in [2.45, 2.75) is 17.4 Å². The quantitative estimate of drug-likeness (QED) is 0.554. The summed E-state index contributed by atoms with van der Waals surface area (Å²) in [7, 11) is -4.38. The number of hydrogen-bond donors (Lipinski definition) is 2. The summed E-state index contributed by atoms with van der Waals surface area (Å²) in [6.07, 6.45) is -9.75. The molecule has 164 valence electrons. The highest BCUT2D eigenvalue weighted by Gasteiger charge is 2.36. The third-order valence-electron chi connectivity index (χ3n) is 3.92. The Hall–Kier alpha value is -3.35. The van der Waals surface area contributed by atoms with Crippen molar-refractivity contribution in [3.05, 3.63) is 65.7 Å². The molecule has 0 radical (unpaired) electrons. The molecule has 0 aliphatic heterocycles. The molecular formula is C18H12F6N4O2S. The Bertz CT molecular complexity index is 1230. The van der Waals surface area contributed by atoms with Crippen LogP contribution in [-0.2, 0) is 22.4 Å². The number of alkyl halides is 6. The highest BCUT2D eigenvalue weighted by Crippen LogP contribution is 2.39. The largest absolute Gasteiger partial charge is 0.418 e. The highest BCUT2D eigenvalue weighted by molar-refractivity contribution is 7.92. The summed E-state index contributed by atoms with van der Waals surface area (Å²) in [6, 6.07) is 8.09. The number of sulfonamides is 1. The van der Waals surface area contributed by atoms with E-state index >= 15 is 0 Å². The Morgan fingerprint density at radius 3 is 2.13 bits per heavy atom. The summed E-state index contributed by atoms with van der Waals surface area (Å²) in [5.41, 5.74) is 1.54. The maximum Gasteiger partial charge on any atom is 0.418 e. The molecule has 0 spiro atoms. The minimum absolute atomic E-state index is 0.118. The van der Waals surface area contributed by atoms with Crippen LogP contribution in [-0.4, -0.2) is 18.4 Å². The van der Waals surface area contributed by atoms with Crippen molar-refractivity contribution in [1.29, 1.82) is 0 Å². The standard InChI is InChI=1S/C18H12F6N4O2S/c19-17(20,21)11-4-1-3-10(9-11)16-12(18(22,23)24)7-8-14(27-16)28-31(29,30)15-6-2-5-13(25)26-15/h1-9H,(H2,25,26)(H,27,28). The Morgan fingerprint density at radius 1 is 0.839 bits per heavy atom. The van der Waals surface area contributed by atoms with E-state index in [0.717, 1.165) is 24.3 Å². The van der Waals surface area contributed by atoms with Crippen molar-refractivity contribution < 1.29 is 34.8 Å². The zero-order valence-electron chi connectivity index (χ0n) is 15.2. The summed E-state index contributed by atoms with van der Waals surface area (Å²) in [4.78, 5) is 7.24. The maximum atomic E-state index is 13.4. The van der Waals surface area contributed by atoms with Gasteiger partial charge in [-0.1, -0.05) is 18.2 Å². The second kappa shape index (κ2) is 7.72. The molecule has 31 heavy (non-hydrogen) atoms. The fourth-order valence-electron chi connectivity index (χ4n) is 2.58. The number of halogens is 6. The van der Waals surface area contributed by atoms with E-state index in [1.54, 1.807) is 0 Å². The Balaban J connectivity index is 2.10. The second-order valence-electron chi connectivity index (χ2n) is 6.18. The van der Waals surface area contributed by atoms with Crippen LogP contribution in [0, 0.1) is 0 Å². The van der Waals surface area contributed by atoms with Gasteiger partial charge in [-0.3, -0.25) is 4.72 Å². The normalized spacial score (nSPS) is 12.6. The SMILES string of the molecule is Nc1cccc(S(=O)(=O)Nc2ccc(C(F)(F)F)c(-c3cccc(C(F)(F)F)c3)n2)n1. The lowest BCUT2D eigenvalue weighted by molar-refractivity contribution is -0.137. The van der Waals surface area contributed by atoms with Crippen LogP contribution >= 0.6 is 0 Å². The summed E-state index contributed by atoms with van der Waals surface area (Å²) in [6.45, 7) is 0. The molecule has 6 nitrogen and oxygen atoms in total. The Morgan fingerprint density at radius 2 is 1.52 bits per heavy atom. The van der Waals surface area contributed by atoms with Crippen LogP contribution in [0.3, 0.4) is 0 Å². The van der Waals surface area contributed by atoms with E-state index in [4.69, 9.17) is 5.73 Å². The molecule has 0 aliphatic rings. The van der Waals surface area contributed by atoms with Gasteiger partial charge in [0.25, 0.3) is 10.0 Å². The molecule has 2 aromatic heterocycles. The average molecular weight is 462 g/mol. The zero-order valence-corrected chi connectivity index (χ0v) is 16.0. The van der Waals surface area contributed by atoms with Gasteiger partial charge in [0, 0.05) is 5.56 Å². The van der Waals surface area contributed by atoms with Gasteiger partial charge in [0.1, 0.15) is 11.6 Å². The average Bonchev–Trinajstić information content (AvgIpc) is 2.66. The van der Waals surface area contributed by atoms with Gasteiger partial charge < -0.3 is 5.73 Å². The van der Waals surface area contributed by atoms with Crippen LogP contribution in [0.25, 0.3) is 11.3 Å². The molecule has 3 aromatic rings. The van der Waals surface area contributed by atoms with Gasteiger partial charge in [-0.15, -0.1) is 0 Å². The van der Waals surface area contributed by atoms with Gasteiger partial charge in [0.15, 0.2) is 5.03 Å². The van der Waals surface area contributed by atoms with Crippen molar-refractivity contribution in [3.8, 4) is 11.3 Å². The second-order valence-corrected chi connectivity index (χ2v) is 7.80. The van der Waals surface area contributed by atoms with Crippen molar-refractivity contribution in [3.63, 3.8) is 0 Å². The molecule has 0 fully saturated rings. The van der Waals surface area contributed by atoms with Gasteiger partial charge in [0.2, 0.25) is 0 Å². The minimum atomic E-state index is -4.95. The van der Waals surface area contributed by atoms with E-state index in [9.17, 15) is 34.8 Å². The number of nitrogens with two attached hydrogens (primary N) is 1. The van der Waals surface area contributed by atoms with Crippen molar-refractivity contribution >= 4 is 21.7 Å². The fraction of sp³-hybridized carbons (Fsp3) is 0.111. The van der Waals surface area contributed by atoms with Crippen LogP contribution in [0.15, 0.2) is 59.6 Å². The third kappa shape index (κ3) is 5.05. The molecule has 0 bridgehead atoms. The van der Waals surface area contributed by atoms with Gasteiger partial charge in [-0.2, -0.15) is 34.8 Å². The van der Waals surface area contributed by atoms with Crippen LogP contribution < -0.4 is 10.5 Å². The van der Waals surface area contributed by atoms with E-state index < -0.39 is 55.6 Å². The van der Waals surface area contributed by atoms with E-state index in [2.05, 4.69) is 9.97 Å². The van der Waals surface area contributed by atoms with Crippen molar-refractivity contribution in [1.82, 2.24) is 9.97 Å². The smallest absolute Gasteiger partial charge is 0.384 e. The number of nitrogen functional groups attached to an aromatic ring is 1. The van der Waals surface area contributed by atoms with Crippen LogP contribution in [0.2, 0.25) is 0 Å². The number of nitrogens with zero attached hydrogens (tertiary/aromatic N) is 2. The molecule has 0 amide bonds. The van der Waals surface area contributed by atoms with E-state index in [0.29, 0.717) is 18.2 Å². The summed E-state index contributed by atoms with van der Waals surface area (Å²) >= 11 is 0. The number of benzene rings is 1. The molecule has 0 unspecified atom stereocenters. The van der Waals surface area contributed by atoms with Crippen LogP contribution in [0.4, 0.5) is 38.0 Å². The molecule has 0 saturated heterocycles. The van der Waals surface area contributed by atoms with E-state index in [1.165, 1.54) is 12.1 Å². The lowest BCUT2D eigenvalue weighted by Gasteiger charge is -2.15. The first-order valence-corrected chi connectivity index (χ1v) is 9.77. The summed E-state index contributed by atoms with van der Waals surface area (Å²) < 4.78 is 106. The number of nitrogens with one attached hydrogen (secondary N) is 1. The van der Waals surface area contributed by atoms with Crippen molar-refractivity contribution in [2.75, 3.05) is 10.5 Å². The lowest BCUT2D eigenvalue weighted by Crippen LogP contribution is -2.17. The highest BCUT2D eigenvalue weighted by atomic mass is 32.2. The molecule has 0 aliphatic carbocycles. The first kappa shape index (κ1) is 22.3. The number of anilines is 2. The van der Waals surface area contributed by atoms with Gasteiger partial charge in [-0.05, 0) is 36.4 Å². The predicted molar refractivity (Wildman–Crippen MR) is 99.1 cm³/mol. The van der Waals surface area contributed by atoms with E-state index in [-0.39, 0.29) is 5.82 Å². The Labute approximate surface area is 171 Å². The first-order valence-electron chi connectivity index (χ1n) is 8.28. The number of aromatic nitrogens is 2. The predicted octanol–water partition coefficient (Wildman–Crippen LogP) is 4.56. The third-order valence-corrected chi connectivity index (χ3v) is 5.18. The Kier molecular flexibility index (Phi) is 5.56. The molecule has 0 saturated carbocycles. The zero-order chi connectivity index (χ0) is 23.0. The summed E-state index contributed by atoms with van der Waals surface area (Å²) in [5.74, 6) is -0.669. The first-order chi connectivity index (χ1) is 14.3. The fourth-order valence-corrected chi connectivity index (χ4v) is 3.55. The topological polar surface area (TPSA) is 98.0 Å². The molecule has 1 aromatic carbocycles. The summed E-state index contributed by atoms with van der Waals surface area (Å²) in [5, 5.41) is -0.519. The van der Waals surface area contributed by atoms with Gasteiger partial charge in [-0.25, -0.2) is 9.97 Å². The number of rotatable bonds is 4. The molecule has 0 atom stereocenters. The van der Waals surface area contributed by atoms with Gasteiger partial charge >= 0.3 is 12.4 Å². The number of pyridine rings is 2. The molecule has 3 rings (SSSR count).